The second-order valence-corrected chi connectivity index (χ2v) is 2.90. The van der Waals surface area contributed by atoms with Crippen LogP contribution in [0, 0.1) is 6.07 Å². The van der Waals surface area contributed by atoms with Crippen LogP contribution in [0.15, 0.2) is 12.4 Å². The molecule has 1 radical (unpaired) electrons. The monoisotopic (exact) mass is 150 g/mol. The molecule has 1 aromatic rings. The van der Waals surface area contributed by atoms with E-state index in [1.165, 1.54) is 12.8 Å². The first-order valence-corrected chi connectivity index (χ1v) is 4.08. The zero-order chi connectivity index (χ0) is 7.52. The molecule has 11 heavy (non-hydrogen) atoms. The maximum Gasteiger partial charge on any atom is 0.0569 e. The van der Waals surface area contributed by atoms with Gasteiger partial charge in [-0.2, -0.15) is 5.10 Å². The first-order chi connectivity index (χ1) is 5.47. The molecule has 1 aliphatic heterocycles. The predicted octanol–water partition coefficient (Wildman–Crippen LogP) is 0.608. The molecule has 0 saturated carbocycles. The molecule has 1 aromatic heterocycles. The number of nitrogens with zero attached hydrogens (tertiary/aromatic N) is 2. The second-order valence-electron chi connectivity index (χ2n) is 2.90. The molecule has 2 rings (SSSR count). The summed E-state index contributed by atoms with van der Waals surface area (Å²) in [5, 5.41) is 7.50. The van der Waals surface area contributed by atoms with Gasteiger partial charge in [0.1, 0.15) is 0 Å². The van der Waals surface area contributed by atoms with Crippen molar-refractivity contribution in [3.05, 3.63) is 18.5 Å². The third-order valence-corrected chi connectivity index (χ3v) is 2.16. The molecule has 3 nitrogen and oxygen atoms in total. The normalized spacial score (nSPS) is 20.4. The fourth-order valence-corrected chi connectivity index (χ4v) is 1.51. The smallest absolute Gasteiger partial charge is 0.0569 e. The molecule has 0 spiro atoms. The number of piperidine rings is 1. The van der Waals surface area contributed by atoms with Gasteiger partial charge < -0.3 is 5.32 Å². The van der Waals surface area contributed by atoms with Crippen LogP contribution in [0.25, 0.3) is 0 Å². The third-order valence-electron chi connectivity index (χ3n) is 2.16. The van der Waals surface area contributed by atoms with E-state index in [0.717, 1.165) is 13.1 Å². The van der Waals surface area contributed by atoms with Crippen molar-refractivity contribution in [2.75, 3.05) is 13.1 Å². The van der Waals surface area contributed by atoms with E-state index in [-0.39, 0.29) is 0 Å². The highest BCUT2D eigenvalue weighted by Gasteiger charge is 2.13. The van der Waals surface area contributed by atoms with Crippen molar-refractivity contribution >= 4 is 0 Å². The van der Waals surface area contributed by atoms with Crippen LogP contribution in [0.5, 0.6) is 0 Å². The summed E-state index contributed by atoms with van der Waals surface area (Å²) in [4.78, 5) is 0. The van der Waals surface area contributed by atoms with Crippen molar-refractivity contribution in [1.29, 1.82) is 0 Å². The summed E-state index contributed by atoms with van der Waals surface area (Å²) in [7, 11) is 0. The molecule has 1 saturated heterocycles. The number of aromatic nitrogens is 2. The maximum absolute atomic E-state index is 4.17. The highest BCUT2D eigenvalue weighted by molar-refractivity contribution is 4.81. The van der Waals surface area contributed by atoms with Crippen LogP contribution in [-0.2, 0) is 0 Å². The van der Waals surface area contributed by atoms with Gasteiger partial charge >= 0.3 is 0 Å². The minimum absolute atomic E-state index is 0.600. The van der Waals surface area contributed by atoms with Crippen molar-refractivity contribution in [1.82, 2.24) is 15.1 Å². The van der Waals surface area contributed by atoms with Gasteiger partial charge in [-0.15, -0.1) is 0 Å². The van der Waals surface area contributed by atoms with Crippen LogP contribution >= 0.6 is 0 Å². The first kappa shape index (κ1) is 6.85. The van der Waals surface area contributed by atoms with Gasteiger partial charge in [-0.1, -0.05) is 0 Å². The van der Waals surface area contributed by atoms with Gasteiger partial charge in [-0.25, -0.2) is 0 Å². The molecule has 1 N–H and O–H groups in total. The van der Waals surface area contributed by atoms with E-state index in [1.54, 1.807) is 6.20 Å². The zero-order valence-electron chi connectivity index (χ0n) is 6.45. The summed E-state index contributed by atoms with van der Waals surface area (Å²) in [6, 6.07) is 3.56. The third kappa shape index (κ3) is 1.43. The molecular formula is C8H12N3. The lowest BCUT2D eigenvalue weighted by molar-refractivity contribution is 0.343. The summed E-state index contributed by atoms with van der Waals surface area (Å²) in [6.07, 6.45) is 6.03. The standard InChI is InChI=1S/C8H12N3/c1-4-10-11(7-1)8-2-5-9-6-3-8/h4,7-9H,2-3,5-6H2. The lowest BCUT2D eigenvalue weighted by Crippen LogP contribution is -2.29. The van der Waals surface area contributed by atoms with Crippen molar-refractivity contribution < 1.29 is 0 Å². The zero-order valence-corrected chi connectivity index (χ0v) is 6.45. The minimum atomic E-state index is 0.600. The molecule has 1 aliphatic rings. The largest absolute Gasteiger partial charge is 0.317 e. The van der Waals surface area contributed by atoms with E-state index in [9.17, 15) is 0 Å². The van der Waals surface area contributed by atoms with Gasteiger partial charge in [0.15, 0.2) is 0 Å². The molecule has 0 atom stereocenters. The van der Waals surface area contributed by atoms with Crippen molar-refractivity contribution in [2.24, 2.45) is 0 Å². The average molecular weight is 150 g/mol. The Labute approximate surface area is 66.4 Å². The highest BCUT2D eigenvalue weighted by atomic mass is 15.3. The van der Waals surface area contributed by atoms with Gasteiger partial charge in [-0.05, 0) is 25.9 Å². The summed E-state index contributed by atoms with van der Waals surface area (Å²) in [5.74, 6) is 0. The fourth-order valence-electron chi connectivity index (χ4n) is 1.51. The average Bonchev–Trinajstić information content (AvgIpc) is 2.58. The van der Waals surface area contributed by atoms with Gasteiger partial charge in [0, 0.05) is 12.3 Å². The van der Waals surface area contributed by atoms with Crippen molar-refractivity contribution in [2.45, 2.75) is 18.9 Å². The summed E-state index contributed by atoms with van der Waals surface area (Å²) in [5.41, 5.74) is 0. The molecular weight excluding hydrogens is 138 g/mol. The fraction of sp³-hybridized carbons (Fsp3) is 0.625. The Morgan fingerprint density at radius 1 is 1.45 bits per heavy atom. The molecule has 3 heteroatoms. The maximum atomic E-state index is 4.17. The number of hydrogen-bond donors (Lipinski definition) is 1. The van der Waals surface area contributed by atoms with Crippen LogP contribution in [0.3, 0.4) is 0 Å². The lowest BCUT2D eigenvalue weighted by Gasteiger charge is -2.22. The SMILES string of the molecule is [c]1cnn(C2CCNCC2)c1. The Kier molecular flexibility index (Phi) is 1.90. The van der Waals surface area contributed by atoms with Crippen LogP contribution in [0.4, 0.5) is 0 Å². The quantitative estimate of drug-likeness (QED) is 0.635. The van der Waals surface area contributed by atoms with Crippen LogP contribution in [0.2, 0.25) is 0 Å². The van der Waals surface area contributed by atoms with E-state index in [0.29, 0.717) is 6.04 Å². The molecule has 0 unspecified atom stereocenters. The van der Waals surface area contributed by atoms with Crippen molar-refractivity contribution in [3.8, 4) is 0 Å². The van der Waals surface area contributed by atoms with Crippen molar-refractivity contribution in [3.63, 3.8) is 0 Å². The summed E-state index contributed by atoms with van der Waals surface area (Å²) in [6.45, 7) is 2.23. The minimum Gasteiger partial charge on any atom is -0.317 e. The molecule has 0 bridgehead atoms. The lowest BCUT2D eigenvalue weighted by atomic mass is 10.1. The van der Waals surface area contributed by atoms with Crippen LogP contribution in [0.1, 0.15) is 18.9 Å². The Morgan fingerprint density at radius 3 is 2.91 bits per heavy atom. The van der Waals surface area contributed by atoms with Crippen LogP contribution in [-0.4, -0.2) is 22.9 Å². The van der Waals surface area contributed by atoms with Crippen LogP contribution < -0.4 is 5.32 Å². The van der Waals surface area contributed by atoms with E-state index in [2.05, 4.69) is 16.5 Å². The summed E-state index contributed by atoms with van der Waals surface area (Å²) < 4.78 is 2.01. The van der Waals surface area contributed by atoms with Gasteiger partial charge in [0.05, 0.1) is 12.2 Å². The molecule has 0 aliphatic carbocycles. The Balaban J connectivity index is 2.04. The van der Waals surface area contributed by atoms with Gasteiger partial charge in [-0.3, -0.25) is 4.68 Å². The number of nitrogens with one attached hydrogen (secondary N) is 1. The Hall–Kier alpha value is -0.830. The second kappa shape index (κ2) is 3.05. The number of rotatable bonds is 1. The molecule has 59 valence electrons. The highest BCUT2D eigenvalue weighted by Crippen LogP contribution is 2.15. The van der Waals surface area contributed by atoms with E-state index >= 15 is 0 Å². The van der Waals surface area contributed by atoms with E-state index < -0.39 is 0 Å². The topological polar surface area (TPSA) is 29.9 Å². The van der Waals surface area contributed by atoms with Gasteiger partial charge in [0.2, 0.25) is 0 Å². The predicted molar refractivity (Wildman–Crippen MR) is 42.2 cm³/mol. The summed E-state index contributed by atoms with van der Waals surface area (Å²) >= 11 is 0. The molecule has 0 aromatic carbocycles. The molecule has 1 fully saturated rings. The Bertz CT molecular complexity index is 199. The first-order valence-electron chi connectivity index (χ1n) is 4.08. The van der Waals surface area contributed by atoms with E-state index in [1.807, 2.05) is 10.9 Å². The van der Waals surface area contributed by atoms with E-state index in [4.69, 9.17) is 0 Å². The van der Waals surface area contributed by atoms with Gasteiger partial charge in [0.25, 0.3) is 0 Å². The number of hydrogen-bond acceptors (Lipinski definition) is 2. The Morgan fingerprint density at radius 2 is 2.27 bits per heavy atom. The molecule has 2 heterocycles. The molecule has 0 amide bonds.